The van der Waals surface area contributed by atoms with Crippen LogP contribution in [-0.4, -0.2) is 48.1 Å². The lowest BCUT2D eigenvalue weighted by Crippen LogP contribution is -2.53. The summed E-state index contributed by atoms with van der Waals surface area (Å²) in [6.07, 6.45) is 0. The molecule has 0 bridgehead atoms. The van der Waals surface area contributed by atoms with E-state index in [0.29, 0.717) is 0 Å². The zero-order valence-corrected chi connectivity index (χ0v) is 8.90. The number of aliphatic hydroxyl groups excluding tert-OH is 1. The summed E-state index contributed by atoms with van der Waals surface area (Å²) in [4.78, 5) is 32.8. The van der Waals surface area contributed by atoms with Gasteiger partial charge in [0.15, 0.2) is 0 Å². The second-order valence-corrected chi connectivity index (χ2v) is 3.22. The number of hydrogen-bond donors (Lipinski definition) is 5. The molecular weight excluding hydrogens is 216 g/mol. The highest BCUT2D eigenvalue weighted by molar-refractivity contribution is 5.91. The van der Waals surface area contributed by atoms with Crippen LogP contribution in [0.3, 0.4) is 0 Å². The van der Waals surface area contributed by atoms with Crippen molar-refractivity contribution in [3.05, 3.63) is 0 Å². The van der Waals surface area contributed by atoms with Crippen molar-refractivity contribution in [2.45, 2.75) is 19.0 Å². The van der Waals surface area contributed by atoms with Crippen LogP contribution in [0.1, 0.15) is 6.92 Å². The lowest BCUT2D eigenvalue weighted by atomic mass is 10.2. The minimum Gasteiger partial charge on any atom is -0.394 e. The van der Waals surface area contributed by atoms with Crippen LogP contribution < -0.4 is 22.1 Å². The van der Waals surface area contributed by atoms with Gasteiger partial charge >= 0.3 is 0 Å². The summed E-state index contributed by atoms with van der Waals surface area (Å²) in [5.41, 5.74) is 10.1. The molecule has 0 spiro atoms. The van der Waals surface area contributed by atoms with Crippen LogP contribution >= 0.6 is 0 Å². The molecule has 0 aromatic rings. The minimum absolute atomic E-state index is 0.358. The summed E-state index contributed by atoms with van der Waals surface area (Å²) >= 11 is 0. The van der Waals surface area contributed by atoms with Crippen LogP contribution in [0.25, 0.3) is 0 Å². The Labute approximate surface area is 92.4 Å². The topological polar surface area (TPSA) is 148 Å². The molecule has 16 heavy (non-hydrogen) atoms. The molecule has 0 saturated heterocycles. The Bertz CT molecular complexity index is 279. The number of aliphatic hydroxyl groups is 1. The Balaban J connectivity index is 4.22. The molecule has 2 atom stereocenters. The van der Waals surface area contributed by atoms with Gasteiger partial charge in [-0.05, 0) is 6.92 Å². The summed E-state index contributed by atoms with van der Waals surface area (Å²) in [6, 6.07) is -1.93. The van der Waals surface area contributed by atoms with Crippen molar-refractivity contribution in [3.8, 4) is 0 Å². The zero-order chi connectivity index (χ0) is 12.7. The predicted molar refractivity (Wildman–Crippen MR) is 54.9 cm³/mol. The second-order valence-electron chi connectivity index (χ2n) is 3.22. The van der Waals surface area contributed by atoms with Crippen LogP contribution in [0.4, 0.5) is 0 Å². The average molecular weight is 232 g/mol. The van der Waals surface area contributed by atoms with Gasteiger partial charge < -0.3 is 27.2 Å². The first-order valence-electron chi connectivity index (χ1n) is 4.61. The first-order valence-corrected chi connectivity index (χ1v) is 4.61. The van der Waals surface area contributed by atoms with Gasteiger partial charge in [-0.3, -0.25) is 14.4 Å². The van der Waals surface area contributed by atoms with Crippen molar-refractivity contribution in [2.75, 3.05) is 13.2 Å². The van der Waals surface area contributed by atoms with Gasteiger partial charge in [-0.15, -0.1) is 0 Å². The minimum atomic E-state index is -1.14. The molecule has 8 nitrogen and oxygen atoms in total. The highest BCUT2D eigenvalue weighted by atomic mass is 16.3. The van der Waals surface area contributed by atoms with Crippen molar-refractivity contribution < 1.29 is 19.5 Å². The molecule has 92 valence electrons. The van der Waals surface area contributed by atoms with Crippen LogP contribution in [0, 0.1) is 0 Å². The quantitative estimate of drug-likeness (QED) is 0.321. The third kappa shape index (κ3) is 5.27. The maximum absolute atomic E-state index is 11.3. The van der Waals surface area contributed by atoms with Gasteiger partial charge in [0, 0.05) is 0 Å². The van der Waals surface area contributed by atoms with Crippen LogP contribution in [-0.2, 0) is 14.4 Å². The predicted octanol–water partition coefficient (Wildman–Crippen LogP) is -3.59. The molecule has 7 N–H and O–H groups in total. The molecule has 0 heterocycles. The third-order valence-electron chi connectivity index (χ3n) is 1.67. The average Bonchev–Trinajstić information content (AvgIpc) is 2.21. The number of nitrogens with two attached hydrogens (primary N) is 2. The molecule has 0 aliphatic carbocycles. The van der Waals surface area contributed by atoms with E-state index < -0.39 is 36.4 Å². The van der Waals surface area contributed by atoms with Crippen molar-refractivity contribution in [2.24, 2.45) is 11.5 Å². The zero-order valence-electron chi connectivity index (χ0n) is 8.90. The van der Waals surface area contributed by atoms with Crippen molar-refractivity contribution in [3.63, 3.8) is 0 Å². The van der Waals surface area contributed by atoms with Crippen LogP contribution in [0.5, 0.6) is 0 Å². The van der Waals surface area contributed by atoms with E-state index in [0.717, 1.165) is 0 Å². The van der Waals surface area contributed by atoms with E-state index in [1.54, 1.807) is 0 Å². The highest BCUT2D eigenvalue weighted by Gasteiger charge is 2.21. The smallest absolute Gasteiger partial charge is 0.245 e. The van der Waals surface area contributed by atoms with Gasteiger partial charge in [0.2, 0.25) is 17.7 Å². The Hall–Kier alpha value is -1.67. The molecule has 3 amide bonds. The molecule has 0 radical (unpaired) electrons. The summed E-state index contributed by atoms with van der Waals surface area (Å²) in [7, 11) is 0. The van der Waals surface area contributed by atoms with Gasteiger partial charge in [-0.25, -0.2) is 0 Å². The van der Waals surface area contributed by atoms with Gasteiger partial charge in [0.1, 0.15) is 6.04 Å². The Morgan fingerprint density at radius 2 is 1.88 bits per heavy atom. The standard InChI is InChI=1S/C8H16N4O4/c1-4(9)7(15)12-5(3-13)8(16)11-2-6(10)14/h4-5,13H,2-3,9H2,1H3,(H2,10,14)(H,11,16)(H,12,15)/t4-,5-/m0/s1. The van der Waals surface area contributed by atoms with E-state index in [2.05, 4.69) is 10.6 Å². The van der Waals surface area contributed by atoms with E-state index in [1.165, 1.54) is 6.92 Å². The number of amides is 3. The van der Waals surface area contributed by atoms with E-state index in [4.69, 9.17) is 16.6 Å². The second kappa shape index (κ2) is 6.75. The molecule has 0 fully saturated rings. The maximum Gasteiger partial charge on any atom is 0.245 e. The number of carbonyl (C=O) groups is 3. The SMILES string of the molecule is C[C@H](N)C(=O)N[C@@H](CO)C(=O)NCC(N)=O. The van der Waals surface area contributed by atoms with E-state index >= 15 is 0 Å². The number of rotatable bonds is 6. The third-order valence-corrected chi connectivity index (χ3v) is 1.67. The van der Waals surface area contributed by atoms with Crippen molar-refractivity contribution in [1.29, 1.82) is 0 Å². The first-order chi connectivity index (χ1) is 7.38. The first kappa shape index (κ1) is 14.3. The van der Waals surface area contributed by atoms with E-state index in [-0.39, 0.29) is 6.54 Å². The van der Waals surface area contributed by atoms with E-state index in [1.807, 2.05) is 0 Å². The number of nitrogens with one attached hydrogen (secondary N) is 2. The lowest BCUT2D eigenvalue weighted by molar-refractivity contribution is -0.131. The fraction of sp³-hybridized carbons (Fsp3) is 0.625. The largest absolute Gasteiger partial charge is 0.394 e. The van der Waals surface area contributed by atoms with Gasteiger partial charge in [-0.1, -0.05) is 0 Å². The molecule has 8 heteroatoms. The monoisotopic (exact) mass is 232 g/mol. The molecular formula is C8H16N4O4. The summed E-state index contributed by atoms with van der Waals surface area (Å²) in [5, 5.41) is 13.2. The molecule has 0 saturated carbocycles. The summed E-state index contributed by atoms with van der Waals surface area (Å²) in [5.74, 6) is -1.99. The number of carbonyl (C=O) groups excluding carboxylic acids is 3. The lowest BCUT2D eigenvalue weighted by Gasteiger charge is -2.16. The number of hydrogen-bond acceptors (Lipinski definition) is 5. The van der Waals surface area contributed by atoms with Gasteiger partial charge in [0.05, 0.1) is 19.2 Å². The normalized spacial score (nSPS) is 13.7. The van der Waals surface area contributed by atoms with Crippen molar-refractivity contribution >= 4 is 17.7 Å². The Morgan fingerprint density at radius 3 is 2.25 bits per heavy atom. The molecule has 0 aliphatic rings. The van der Waals surface area contributed by atoms with Crippen LogP contribution in [0.15, 0.2) is 0 Å². The Morgan fingerprint density at radius 1 is 1.31 bits per heavy atom. The van der Waals surface area contributed by atoms with Gasteiger partial charge in [0.25, 0.3) is 0 Å². The number of primary amides is 1. The van der Waals surface area contributed by atoms with Gasteiger partial charge in [-0.2, -0.15) is 0 Å². The highest BCUT2D eigenvalue weighted by Crippen LogP contribution is 1.85. The molecule has 0 aromatic carbocycles. The summed E-state index contributed by atoms with van der Waals surface area (Å²) < 4.78 is 0. The molecule has 0 unspecified atom stereocenters. The van der Waals surface area contributed by atoms with Crippen molar-refractivity contribution in [1.82, 2.24) is 10.6 Å². The molecule has 0 aliphatic heterocycles. The molecule has 0 rings (SSSR count). The maximum atomic E-state index is 11.3. The molecule has 0 aromatic heterocycles. The summed E-state index contributed by atoms with van der Waals surface area (Å²) in [6.45, 7) is 0.484. The van der Waals surface area contributed by atoms with Crippen LogP contribution in [0.2, 0.25) is 0 Å². The Kier molecular flexibility index (Phi) is 6.04. The fourth-order valence-electron chi connectivity index (χ4n) is 0.795. The fourth-order valence-corrected chi connectivity index (χ4v) is 0.795. The van der Waals surface area contributed by atoms with E-state index in [9.17, 15) is 14.4 Å².